The molecule has 6 nitrogen and oxygen atoms in total. The van der Waals surface area contributed by atoms with E-state index in [1.807, 2.05) is 71.6 Å². The fraction of sp³-hybridized carbons (Fsp3) is 0.143. The van der Waals surface area contributed by atoms with E-state index in [4.69, 9.17) is 0 Å². The molecule has 0 radical (unpaired) electrons. The Morgan fingerprint density at radius 2 is 1.87 bits per heavy atom. The number of thioether (sulfide) groups is 1. The number of rotatable bonds is 6. The molecule has 0 aliphatic heterocycles. The highest BCUT2D eigenvalue weighted by Gasteiger charge is 2.10. The van der Waals surface area contributed by atoms with Gasteiger partial charge in [-0.3, -0.25) is 9.59 Å². The molecule has 0 fully saturated rings. The number of fused-ring (bicyclic) bond motifs is 1. The molecule has 2 amide bonds. The van der Waals surface area contributed by atoms with Crippen LogP contribution in [0.1, 0.15) is 0 Å². The number of anilines is 1. The van der Waals surface area contributed by atoms with Gasteiger partial charge in [-0.2, -0.15) is 4.99 Å². The van der Waals surface area contributed by atoms with Crippen molar-refractivity contribution in [2.75, 3.05) is 16.8 Å². The molecule has 152 valence electrons. The second-order valence-electron chi connectivity index (χ2n) is 6.36. The van der Waals surface area contributed by atoms with E-state index >= 15 is 0 Å². The first kappa shape index (κ1) is 20.5. The number of thiazole rings is 2. The largest absolute Gasteiger partial charge is 0.319 e. The number of nitrogens with one attached hydrogen (secondary N) is 1. The summed E-state index contributed by atoms with van der Waals surface area (Å²) < 4.78 is 2.99. The lowest BCUT2D eigenvalue weighted by Gasteiger charge is -2.00. The van der Waals surface area contributed by atoms with E-state index in [-0.39, 0.29) is 23.3 Å². The molecule has 0 atom stereocenters. The minimum Gasteiger partial charge on any atom is -0.319 e. The Bertz CT molecular complexity index is 1260. The van der Waals surface area contributed by atoms with Gasteiger partial charge in [0.15, 0.2) is 9.93 Å². The maximum absolute atomic E-state index is 12.2. The third kappa shape index (κ3) is 4.86. The van der Waals surface area contributed by atoms with E-state index in [0.29, 0.717) is 9.93 Å². The van der Waals surface area contributed by atoms with Gasteiger partial charge in [-0.05, 0) is 12.1 Å². The number of carbonyl (C=O) groups is 2. The lowest BCUT2D eigenvalue weighted by atomic mass is 10.2. The third-order valence-corrected chi connectivity index (χ3v) is 7.00. The van der Waals surface area contributed by atoms with Crippen LogP contribution < -0.4 is 10.1 Å². The Morgan fingerprint density at radius 1 is 1.10 bits per heavy atom. The summed E-state index contributed by atoms with van der Waals surface area (Å²) >= 11 is 4.09. The number of hydrogen-bond acceptors (Lipinski definition) is 6. The van der Waals surface area contributed by atoms with Crippen LogP contribution in [0.15, 0.2) is 65.0 Å². The zero-order valence-electron chi connectivity index (χ0n) is 16.1. The van der Waals surface area contributed by atoms with Crippen LogP contribution in [0.25, 0.3) is 21.5 Å². The van der Waals surface area contributed by atoms with Crippen LogP contribution in [0.4, 0.5) is 5.13 Å². The van der Waals surface area contributed by atoms with Crippen LogP contribution in [0.2, 0.25) is 0 Å². The Morgan fingerprint density at radius 3 is 2.67 bits per heavy atom. The van der Waals surface area contributed by atoms with Gasteiger partial charge in [-0.25, -0.2) is 4.98 Å². The van der Waals surface area contributed by atoms with Gasteiger partial charge in [0.2, 0.25) is 5.91 Å². The molecule has 0 saturated carbocycles. The minimum absolute atomic E-state index is 0.148. The second-order valence-corrected chi connectivity index (χ2v) is 9.21. The van der Waals surface area contributed by atoms with Crippen LogP contribution >= 0.6 is 34.4 Å². The molecule has 4 aromatic rings. The topological polar surface area (TPSA) is 76.3 Å². The number of hydrogen-bond donors (Lipinski definition) is 1. The number of benzene rings is 2. The highest BCUT2D eigenvalue weighted by molar-refractivity contribution is 8.00. The van der Waals surface area contributed by atoms with Crippen molar-refractivity contribution in [1.29, 1.82) is 0 Å². The van der Waals surface area contributed by atoms with Crippen molar-refractivity contribution in [2.45, 2.75) is 0 Å². The van der Waals surface area contributed by atoms with Gasteiger partial charge >= 0.3 is 0 Å². The average molecular weight is 455 g/mol. The van der Waals surface area contributed by atoms with E-state index in [1.165, 1.54) is 34.4 Å². The normalized spacial score (nSPS) is 11.7. The summed E-state index contributed by atoms with van der Waals surface area (Å²) in [5.74, 6) is -0.126. The quantitative estimate of drug-likeness (QED) is 0.475. The maximum atomic E-state index is 12.2. The standard InChI is InChI=1S/C21H18N4O2S3/c1-25-16-9-5-6-10-17(16)30-21(25)24-19(27)13-28-12-18(26)23-20-22-15(11-29-20)14-7-3-2-4-8-14/h2-11H,12-13H2,1H3,(H,22,23,26). The van der Waals surface area contributed by atoms with Gasteiger partial charge in [0.05, 0.1) is 27.4 Å². The predicted octanol–water partition coefficient (Wildman–Crippen LogP) is 4.16. The summed E-state index contributed by atoms with van der Waals surface area (Å²) in [5, 5.41) is 5.24. The molecule has 30 heavy (non-hydrogen) atoms. The zero-order chi connectivity index (χ0) is 20.9. The monoisotopic (exact) mass is 454 g/mol. The summed E-state index contributed by atoms with van der Waals surface area (Å²) in [6, 6.07) is 17.7. The van der Waals surface area contributed by atoms with Crippen LogP contribution in [0.3, 0.4) is 0 Å². The molecule has 0 bridgehead atoms. The van der Waals surface area contributed by atoms with Crippen LogP contribution in [-0.4, -0.2) is 32.9 Å². The van der Waals surface area contributed by atoms with Crippen molar-refractivity contribution < 1.29 is 9.59 Å². The zero-order valence-corrected chi connectivity index (χ0v) is 18.5. The molecule has 9 heteroatoms. The number of carbonyl (C=O) groups excluding carboxylic acids is 2. The lowest BCUT2D eigenvalue weighted by Crippen LogP contribution is -2.17. The Balaban J connectivity index is 1.30. The number of nitrogens with zero attached hydrogens (tertiary/aromatic N) is 3. The molecule has 2 heterocycles. The lowest BCUT2D eigenvalue weighted by molar-refractivity contribution is -0.115. The van der Waals surface area contributed by atoms with Crippen LogP contribution in [0, 0.1) is 0 Å². The molecule has 4 rings (SSSR count). The average Bonchev–Trinajstić information content (AvgIpc) is 3.34. The first-order valence-corrected chi connectivity index (χ1v) is 12.0. The van der Waals surface area contributed by atoms with Crippen molar-refractivity contribution in [1.82, 2.24) is 9.55 Å². The summed E-state index contributed by atoms with van der Waals surface area (Å²) in [4.78, 5) is 33.7. The Hall–Kier alpha value is -2.75. The fourth-order valence-corrected chi connectivity index (χ4v) is 5.16. The van der Waals surface area contributed by atoms with Crippen molar-refractivity contribution >= 4 is 61.6 Å². The predicted molar refractivity (Wildman–Crippen MR) is 125 cm³/mol. The molecular weight excluding hydrogens is 436 g/mol. The van der Waals surface area contributed by atoms with Crippen molar-refractivity contribution in [3.05, 3.63) is 64.8 Å². The SMILES string of the molecule is Cn1c(=NC(=O)CSCC(=O)Nc2nc(-c3ccccc3)cs2)sc2ccccc21. The van der Waals surface area contributed by atoms with Gasteiger partial charge in [0.25, 0.3) is 5.91 Å². The van der Waals surface area contributed by atoms with Gasteiger partial charge in [0.1, 0.15) is 0 Å². The summed E-state index contributed by atoms with van der Waals surface area (Å²) in [6.07, 6.45) is 0. The molecule has 1 N–H and O–H groups in total. The fourth-order valence-electron chi connectivity index (χ4n) is 2.79. The second kappa shape index (κ2) is 9.38. The van der Waals surface area contributed by atoms with Gasteiger partial charge in [-0.15, -0.1) is 23.1 Å². The summed E-state index contributed by atoms with van der Waals surface area (Å²) in [7, 11) is 1.89. The Kier molecular flexibility index (Phi) is 6.41. The molecule has 0 unspecified atom stereocenters. The molecule has 0 saturated heterocycles. The third-order valence-electron chi connectivity index (χ3n) is 4.21. The number of para-hydroxylation sites is 1. The highest BCUT2D eigenvalue weighted by atomic mass is 32.2. The minimum atomic E-state index is -0.254. The first-order chi connectivity index (χ1) is 14.6. The molecular formula is C21H18N4O2S3. The molecule has 0 aliphatic carbocycles. The van der Waals surface area contributed by atoms with E-state index in [1.54, 1.807) is 0 Å². The number of aryl methyl sites for hydroxylation is 1. The van der Waals surface area contributed by atoms with Crippen LogP contribution in [-0.2, 0) is 16.6 Å². The number of amides is 2. The van der Waals surface area contributed by atoms with E-state index in [0.717, 1.165) is 21.5 Å². The van der Waals surface area contributed by atoms with Gasteiger partial charge in [-0.1, -0.05) is 53.8 Å². The van der Waals surface area contributed by atoms with Gasteiger partial charge in [0, 0.05) is 18.0 Å². The van der Waals surface area contributed by atoms with Crippen molar-refractivity contribution in [2.24, 2.45) is 12.0 Å². The maximum Gasteiger partial charge on any atom is 0.258 e. The van der Waals surface area contributed by atoms with Crippen molar-refractivity contribution in [3.63, 3.8) is 0 Å². The van der Waals surface area contributed by atoms with Crippen molar-refractivity contribution in [3.8, 4) is 11.3 Å². The summed E-state index contributed by atoms with van der Waals surface area (Å²) in [5.41, 5.74) is 2.87. The summed E-state index contributed by atoms with van der Waals surface area (Å²) in [6.45, 7) is 0. The van der Waals surface area contributed by atoms with Gasteiger partial charge < -0.3 is 9.88 Å². The molecule has 2 aromatic carbocycles. The molecule has 0 spiro atoms. The van der Waals surface area contributed by atoms with E-state index in [9.17, 15) is 9.59 Å². The van der Waals surface area contributed by atoms with Crippen LogP contribution in [0.5, 0.6) is 0 Å². The highest BCUT2D eigenvalue weighted by Crippen LogP contribution is 2.24. The van der Waals surface area contributed by atoms with E-state index in [2.05, 4.69) is 15.3 Å². The molecule has 2 aromatic heterocycles. The van der Waals surface area contributed by atoms with E-state index < -0.39 is 0 Å². The first-order valence-electron chi connectivity index (χ1n) is 9.11. The Labute approximate surface area is 185 Å². The smallest absolute Gasteiger partial charge is 0.258 e. The molecule has 0 aliphatic rings. The number of aromatic nitrogens is 2.